The highest BCUT2D eigenvalue weighted by Crippen LogP contribution is 2.36. The highest BCUT2D eigenvalue weighted by atomic mass is 32.2. The molecule has 0 fully saturated rings. The van der Waals surface area contributed by atoms with E-state index in [2.05, 4.69) is 35.7 Å². The molecule has 0 aromatic carbocycles. The lowest BCUT2D eigenvalue weighted by Gasteiger charge is -2.18. The molecule has 1 aliphatic rings. The zero-order valence-corrected chi connectivity index (χ0v) is 18.4. The number of anilines is 2. The van der Waals surface area contributed by atoms with Gasteiger partial charge in [0.2, 0.25) is 11.9 Å². The first-order valence-electron chi connectivity index (χ1n) is 9.75. The Bertz CT molecular complexity index is 1100. The van der Waals surface area contributed by atoms with Crippen LogP contribution in [0.25, 0.3) is 10.2 Å². The van der Waals surface area contributed by atoms with Crippen LogP contribution in [-0.2, 0) is 25.1 Å². The molecule has 4 rings (SSSR count). The Balaban J connectivity index is 1.76. The maximum absolute atomic E-state index is 13.5. The van der Waals surface area contributed by atoms with Crippen molar-refractivity contribution in [3.8, 4) is 0 Å². The van der Waals surface area contributed by atoms with Crippen molar-refractivity contribution in [3.63, 3.8) is 0 Å². The summed E-state index contributed by atoms with van der Waals surface area (Å²) in [7, 11) is 0. The maximum atomic E-state index is 13.5. The summed E-state index contributed by atoms with van der Waals surface area (Å²) in [4.78, 5) is 32.6. The normalized spacial score (nSPS) is 16.5. The second-order valence-electron chi connectivity index (χ2n) is 7.99. The number of nitrogen functional groups attached to an aromatic ring is 2. The quantitative estimate of drug-likeness (QED) is 0.466. The number of nitrogens with two attached hydrogens (primary N) is 2. The van der Waals surface area contributed by atoms with Gasteiger partial charge in [0.25, 0.3) is 5.56 Å². The van der Waals surface area contributed by atoms with Gasteiger partial charge in [0, 0.05) is 11.4 Å². The molecule has 3 aromatic rings. The van der Waals surface area contributed by atoms with Gasteiger partial charge >= 0.3 is 0 Å². The first kappa shape index (κ1) is 20.1. The smallest absolute Gasteiger partial charge is 0.263 e. The molecule has 0 saturated carbocycles. The van der Waals surface area contributed by atoms with Crippen molar-refractivity contribution in [2.75, 3.05) is 11.5 Å². The van der Waals surface area contributed by atoms with Crippen LogP contribution in [-0.4, -0.2) is 24.5 Å². The maximum Gasteiger partial charge on any atom is 0.263 e. The van der Waals surface area contributed by atoms with E-state index in [9.17, 15) is 4.79 Å². The summed E-state index contributed by atoms with van der Waals surface area (Å²) in [6.45, 7) is 7.09. The van der Waals surface area contributed by atoms with Gasteiger partial charge in [-0.2, -0.15) is 15.0 Å². The van der Waals surface area contributed by atoms with Gasteiger partial charge in [0.15, 0.2) is 5.16 Å². The highest BCUT2D eigenvalue weighted by molar-refractivity contribution is 7.98. The topological polar surface area (TPSA) is 126 Å². The van der Waals surface area contributed by atoms with Crippen LogP contribution < -0.4 is 17.0 Å². The molecule has 10 heteroatoms. The van der Waals surface area contributed by atoms with Crippen molar-refractivity contribution in [2.45, 2.75) is 57.5 Å². The van der Waals surface area contributed by atoms with Gasteiger partial charge in [0.05, 0.1) is 11.1 Å². The number of hydrogen-bond donors (Lipinski definition) is 2. The van der Waals surface area contributed by atoms with Gasteiger partial charge in [-0.3, -0.25) is 9.36 Å². The fourth-order valence-corrected chi connectivity index (χ4v) is 5.98. The Hall–Kier alpha value is -2.20. The van der Waals surface area contributed by atoms with E-state index in [1.807, 2.05) is 0 Å². The highest BCUT2D eigenvalue weighted by Gasteiger charge is 2.25. The van der Waals surface area contributed by atoms with E-state index in [1.54, 1.807) is 15.9 Å². The number of thiophene rings is 1. The number of thioether (sulfide) groups is 1. The lowest BCUT2D eigenvalue weighted by atomic mass is 9.89. The summed E-state index contributed by atoms with van der Waals surface area (Å²) in [5.41, 5.74) is 12.6. The number of hydrogen-bond acceptors (Lipinski definition) is 9. The van der Waals surface area contributed by atoms with E-state index in [-0.39, 0.29) is 17.5 Å². The van der Waals surface area contributed by atoms with Crippen molar-refractivity contribution >= 4 is 45.2 Å². The molecular weight excluding hydrogens is 406 g/mol. The largest absolute Gasteiger partial charge is 0.368 e. The van der Waals surface area contributed by atoms with Crippen LogP contribution in [0.4, 0.5) is 11.9 Å². The lowest BCUT2D eigenvalue weighted by Crippen LogP contribution is -2.26. The third-order valence-electron chi connectivity index (χ3n) is 4.97. The monoisotopic (exact) mass is 431 g/mol. The standard InChI is InChI=1S/C19H25N7OS2/c1-9(2)7-26-16(27)14-11-5-4-10(3)6-12(11)29-15(14)24-19(26)28-8-13-22-17(20)25-18(21)23-13/h9-10H,4-8H2,1-3H3,(H4,20,21,22,23,25). The Kier molecular flexibility index (Phi) is 5.48. The van der Waals surface area contributed by atoms with Crippen molar-refractivity contribution < 1.29 is 0 Å². The molecule has 0 amide bonds. The van der Waals surface area contributed by atoms with Crippen LogP contribution >= 0.6 is 23.1 Å². The fraction of sp³-hybridized carbons (Fsp3) is 0.526. The lowest BCUT2D eigenvalue weighted by molar-refractivity contribution is 0.474. The molecule has 1 aliphatic carbocycles. The molecule has 0 aliphatic heterocycles. The molecule has 4 N–H and O–H groups in total. The summed E-state index contributed by atoms with van der Waals surface area (Å²) < 4.78 is 1.80. The minimum Gasteiger partial charge on any atom is -0.368 e. The number of nitrogens with zero attached hydrogens (tertiary/aromatic N) is 5. The molecule has 0 bridgehead atoms. The zero-order valence-electron chi connectivity index (χ0n) is 16.8. The number of rotatable bonds is 5. The van der Waals surface area contributed by atoms with Crippen molar-refractivity contribution in [3.05, 3.63) is 26.6 Å². The summed E-state index contributed by atoms with van der Waals surface area (Å²) in [6.07, 6.45) is 3.12. The van der Waals surface area contributed by atoms with Gasteiger partial charge in [-0.15, -0.1) is 11.3 Å². The van der Waals surface area contributed by atoms with Crippen LogP contribution in [0.3, 0.4) is 0 Å². The molecule has 8 nitrogen and oxygen atoms in total. The van der Waals surface area contributed by atoms with E-state index in [4.69, 9.17) is 16.5 Å². The van der Waals surface area contributed by atoms with E-state index in [1.165, 1.54) is 22.2 Å². The van der Waals surface area contributed by atoms with Gasteiger partial charge in [0.1, 0.15) is 10.7 Å². The molecule has 0 saturated heterocycles. The molecule has 1 atom stereocenters. The Morgan fingerprint density at radius 3 is 2.62 bits per heavy atom. The van der Waals surface area contributed by atoms with E-state index < -0.39 is 0 Å². The van der Waals surface area contributed by atoms with Crippen molar-refractivity contribution in [2.24, 2.45) is 11.8 Å². The SMILES string of the molecule is CC(C)Cn1c(SCc2nc(N)nc(N)n2)nc2sc3c(c2c1=O)CCC(C)C3. The van der Waals surface area contributed by atoms with Crippen molar-refractivity contribution in [1.82, 2.24) is 24.5 Å². The average molecular weight is 432 g/mol. The van der Waals surface area contributed by atoms with Crippen LogP contribution in [0.1, 0.15) is 43.5 Å². The summed E-state index contributed by atoms with van der Waals surface area (Å²) in [5.74, 6) is 2.05. The van der Waals surface area contributed by atoms with E-state index in [0.29, 0.717) is 35.1 Å². The predicted molar refractivity (Wildman–Crippen MR) is 118 cm³/mol. The number of aryl methyl sites for hydroxylation is 1. The van der Waals surface area contributed by atoms with Crippen LogP contribution in [0.5, 0.6) is 0 Å². The zero-order chi connectivity index (χ0) is 20.7. The number of aromatic nitrogens is 5. The van der Waals surface area contributed by atoms with E-state index >= 15 is 0 Å². The third kappa shape index (κ3) is 4.09. The van der Waals surface area contributed by atoms with Crippen LogP contribution in [0, 0.1) is 11.8 Å². The van der Waals surface area contributed by atoms with Crippen LogP contribution in [0.2, 0.25) is 0 Å². The molecule has 3 aromatic heterocycles. The average Bonchev–Trinajstić information content (AvgIpc) is 2.99. The molecule has 1 unspecified atom stereocenters. The second kappa shape index (κ2) is 7.91. The molecule has 0 radical (unpaired) electrons. The van der Waals surface area contributed by atoms with E-state index in [0.717, 1.165) is 29.5 Å². The second-order valence-corrected chi connectivity index (χ2v) is 10.0. The third-order valence-corrected chi connectivity index (χ3v) is 7.10. The van der Waals surface area contributed by atoms with Crippen molar-refractivity contribution in [1.29, 1.82) is 0 Å². The molecule has 0 spiro atoms. The Morgan fingerprint density at radius 2 is 1.93 bits per heavy atom. The molecule has 29 heavy (non-hydrogen) atoms. The first-order chi connectivity index (χ1) is 13.8. The summed E-state index contributed by atoms with van der Waals surface area (Å²) in [5, 5.41) is 1.50. The van der Waals surface area contributed by atoms with Crippen LogP contribution in [0.15, 0.2) is 9.95 Å². The summed E-state index contributed by atoms with van der Waals surface area (Å²) >= 11 is 3.10. The predicted octanol–water partition coefficient (Wildman–Crippen LogP) is 2.88. The van der Waals surface area contributed by atoms with Gasteiger partial charge < -0.3 is 11.5 Å². The molecular formula is C19H25N7OS2. The fourth-order valence-electron chi connectivity index (χ4n) is 3.69. The van der Waals surface area contributed by atoms with Gasteiger partial charge in [-0.1, -0.05) is 32.5 Å². The molecule has 154 valence electrons. The van der Waals surface area contributed by atoms with Gasteiger partial charge in [-0.05, 0) is 36.7 Å². The minimum atomic E-state index is 0.0629. The number of fused-ring (bicyclic) bond motifs is 3. The van der Waals surface area contributed by atoms with Gasteiger partial charge in [-0.25, -0.2) is 4.98 Å². The molecule has 3 heterocycles. The Labute approximate surface area is 177 Å². The Morgan fingerprint density at radius 1 is 1.21 bits per heavy atom. The summed E-state index contributed by atoms with van der Waals surface area (Å²) in [6, 6.07) is 0. The minimum absolute atomic E-state index is 0.0629. The first-order valence-corrected chi connectivity index (χ1v) is 11.6.